The number of benzene rings is 2. The summed E-state index contributed by atoms with van der Waals surface area (Å²) in [5, 5.41) is 5.11. The van der Waals surface area contributed by atoms with Gasteiger partial charge in [0.2, 0.25) is 11.8 Å². The van der Waals surface area contributed by atoms with Gasteiger partial charge in [-0.05, 0) is 23.8 Å². The predicted octanol–water partition coefficient (Wildman–Crippen LogP) is 1.90. The Balaban J connectivity index is 2.11. The van der Waals surface area contributed by atoms with Crippen molar-refractivity contribution in [2.75, 3.05) is 17.2 Å². The number of nitrogens with one attached hydrogen (secondary N) is 2. The number of anilines is 2. The van der Waals surface area contributed by atoms with Crippen LogP contribution in [0.5, 0.6) is 0 Å². The van der Waals surface area contributed by atoms with E-state index in [4.69, 9.17) is 5.73 Å². The van der Waals surface area contributed by atoms with Gasteiger partial charge in [-0.3, -0.25) is 9.59 Å². The lowest BCUT2D eigenvalue weighted by atomic mass is 10.1. The van der Waals surface area contributed by atoms with Gasteiger partial charge in [-0.2, -0.15) is 0 Å². The highest BCUT2D eigenvalue weighted by molar-refractivity contribution is 6.00. The number of hydrogen-bond acceptors (Lipinski definition) is 3. The van der Waals surface area contributed by atoms with Crippen LogP contribution in [0.15, 0.2) is 48.5 Å². The Morgan fingerprint density at radius 1 is 0.955 bits per heavy atom. The first kappa shape index (κ1) is 15.7. The number of amides is 2. The van der Waals surface area contributed by atoms with E-state index in [2.05, 4.69) is 10.6 Å². The second-order valence-electron chi connectivity index (χ2n) is 4.65. The molecule has 0 aliphatic heterocycles. The Morgan fingerprint density at radius 2 is 1.64 bits per heavy atom. The SMILES string of the molecule is NCC(=O)Nc1cc(F)ccc1NC(=O)Cc1ccccc1. The fourth-order valence-electron chi connectivity index (χ4n) is 1.91. The summed E-state index contributed by atoms with van der Waals surface area (Å²) < 4.78 is 13.3. The molecular formula is C16H16FN3O2. The zero-order chi connectivity index (χ0) is 15.9. The number of carbonyl (C=O) groups is 2. The summed E-state index contributed by atoms with van der Waals surface area (Å²) in [7, 11) is 0. The Morgan fingerprint density at radius 3 is 2.32 bits per heavy atom. The molecule has 0 heterocycles. The van der Waals surface area contributed by atoms with Crippen LogP contribution < -0.4 is 16.4 Å². The molecule has 0 aromatic heterocycles. The van der Waals surface area contributed by atoms with Gasteiger partial charge in [0.1, 0.15) is 5.82 Å². The molecule has 0 radical (unpaired) electrons. The number of carbonyl (C=O) groups excluding carboxylic acids is 2. The van der Waals surface area contributed by atoms with Crippen LogP contribution in [0.3, 0.4) is 0 Å². The minimum atomic E-state index is -0.520. The Labute approximate surface area is 127 Å². The van der Waals surface area contributed by atoms with Crippen LogP contribution in [-0.2, 0) is 16.0 Å². The van der Waals surface area contributed by atoms with Crippen LogP contribution in [0.25, 0.3) is 0 Å². The first-order valence-electron chi connectivity index (χ1n) is 6.71. The van der Waals surface area contributed by atoms with Gasteiger partial charge in [-0.25, -0.2) is 4.39 Å². The summed E-state index contributed by atoms with van der Waals surface area (Å²) in [4.78, 5) is 23.4. The molecule has 0 unspecified atom stereocenters. The lowest BCUT2D eigenvalue weighted by Gasteiger charge is -2.12. The van der Waals surface area contributed by atoms with Crippen LogP contribution in [0.1, 0.15) is 5.56 Å². The van der Waals surface area contributed by atoms with Crippen molar-refractivity contribution in [2.45, 2.75) is 6.42 Å². The monoisotopic (exact) mass is 301 g/mol. The normalized spacial score (nSPS) is 10.1. The second kappa shape index (κ2) is 7.33. The van der Waals surface area contributed by atoms with E-state index in [0.29, 0.717) is 5.69 Å². The first-order chi connectivity index (χ1) is 10.6. The van der Waals surface area contributed by atoms with Gasteiger partial charge in [0, 0.05) is 0 Å². The summed E-state index contributed by atoms with van der Waals surface area (Å²) in [5.41, 5.74) is 6.58. The molecule has 2 aromatic rings. The molecular weight excluding hydrogens is 285 g/mol. The summed E-state index contributed by atoms with van der Waals surface area (Å²) in [5.74, 6) is -1.25. The van der Waals surface area contributed by atoms with Gasteiger partial charge in [-0.1, -0.05) is 30.3 Å². The van der Waals surface area contributed by atoms with Crippen LogP contribution >= 0.6 is 0 Å². The molecule has 5 nitrogen and oxygen atoms in total. The van der Waals surface area contributed by atoms with E-state index in [9.17, 15) is 14.0 Å². The third-order valence-electron chi connectivity index (χ3n) is 2.92. The molecule has 0 saturated heterocycles. The zero-order valence-corrected chi connectivity index (χ0v) is 11.8. The molecule has 0 fully saturated rings. The summed E-state index contributed by atoms with van der Waals surface area (Å²) in [6, 6.07) is 12.9. The largest absolute Gasteiger partial charge is 0.324 e. The third kappa shape index (κ3) is 4.39. The van der Waals surface area contributed by atoms with Gasteiger partial charge in [-0.15, -0.1) is 0 Å². The molecule has 6 heteroatoms. The molecule has 2 amide bonds. The molecule has 0 aliphatic carbocycles. The van der Waals surface area contributed by atoms with Crippen molar-refractivity contribution >= 4 is 23.2 Å². The second-order valence-corrected chi connectivity index (χ2v) is 4.65. The lowest BCUT2D eigenvalue weighted by Crippen LogP contribution is -2.23. The molecule has 2 aromatic carbocycles. The Kier molecular flexibility index (Phi) is 5.21. The van der Waals surface area contributed by atoms with Crippen molar-refractivity contribution < 1.29 is 14.0 Å². The molecule has 0 atom stereocenters. The van der Waals surface area contributed by atoms with Crippen LogP contribution in [0, 0.1) is 5.82 Å². The number of halogens is 1. The molecule has 2 rings (SSSR count). The lowest BCUT2D eigenvalue weighted by molar-refractivity contribution is -0.116. The first-order valence-corrected chi connectivity index (χ1v) is 6.71. The van der Waals surface area contributed by atoms with E-state index < -0.39 is 11.7 Å². The number of hydrogen-bond donors (Lipinski definition) is 3. The van der Waals surface area contributed by atoms with Crippen molar-refractivity contribution in [1.82, 2.24) is 0 Å². The molecule has 0 aliphatic rings. The van der Waals surface area contributed by atoms with Crippen LogP contribution in [0.2, 0.25) is 0 Å². The molecule has 0 bridgehead atoms. The van der Waals surface area contributed by atoms with Crippen molar-refractivity contribution in [1.29, 1.82) is 0 Å². The minimum Gasteiger partial charge on any atom is -0.324 e. The zero-order valence-electron chi connectivity index (χ0n) is 11.8. The van der Waals surface area contributed by atoms with E-state index in [0.717, 1.165) is 11.6 Å². The average Bonchev–Trinajstić information content (AvgIpc) is 2.51. The highest BCUT2D eigenvalue weighted by Crippen LogP contribution is 2.23. The van der Waals surface area contributed by atoms with Crippen molar-refractivity contribution in [3.63, 3.8) is 0 Å². The molecule has 4 N–H and O–H groups in total. The fraction of sp³-hybridized carbons (Fsp3) is 0.125. The topological polar surface area (TPSA) is 84.2 Å². The van der Waals surface area contributed by atoms with E-state index in [1.54, 1.807) is 0 Å². The van der Waals surface area contributed by atoms with E-state index in [1.807, 2.05) is 30.3 Å². The standard InChI is InChI=1S/C16H16FN3O2/c17-12-6-7-13(14(9-12)20-16(22)10-18)19-15(21)8-11-4-2-1-3-5-11/h1-7,9H,8,10,18H2,(H,19,21)(H,20,22). The van der Waals surface area contributed by atoms with Crippen molar-refractivity contribution in [2.24, 2.45) is 5.73 Å². The van der Waals surface area contributed by atoms with Crippen molar-refractivity contribution in [3.8, 4) is 0 Å². The smallest absolute Gasteiger partial charge is 0.238 e. The van der Waals surface area contributed by atoms with Gasteiger partial charge in [0.25, 0.3) is 0 Å². The highest BCUT2D eigenvalue weighted by Gasteiger charge is 2.10. The predicted molar refractivity (Wildman–Crippen MR) is 82.9 cm³/mol. The molecule has 0 saturated carbocycles. The van der Waals surface area contributed by atoms with Gasteiger partial charge in [0.15, 0.2) is 0 Å². The maximum atomic E-state index is 13.3. The average molecular weight is 301 g/mol. The third-order valence-corrected chi connectivity index (χ3v) is 2.92. The van der Waals surface area contributed by atoms with Gasteiger partial charge >= 0.3 is 0 Å². The maximum absolute atomic E-state index is 13.3. The Hall–Kier alpha value is -2.73. The van der Waals surface area contributed by atoms with E-state index >= 15 is 0 Å². The fourth-order valence-corrected chi connectivity index (χ4v) is 1.91. The van der Waals surface area contributed by atoms with Gasteiger partial charge < -0.3 is 16.4 Å². The summed E-state index contributed by atoms with van der Waals surface area (Å²) in [6.07, 6.45) is 0.183. The molecule has 22 heavy (non-hydrogen) atoms. The Bertz CT molecular complexity index is 674. The summed E-state index contributed by atoms with van der Waals surface area (Å²) >= 11 is 0. The highest BCUT2D eigenvalue weighted by atomic mass is 19.1. The number of rotatable bonds is 5. The van der Waals surface area contributed by atoms with E-state index in [-0.39, 0.29) is 24.6 Å². The van der Waals surface area contributed by atoms with Crippen LogP contribution in [0.4, 0.5) is 15.8 Å². The maximum Gasteiger partial charge on any atom is 0.238 e. The van der Waals surface area contributed by atoms with E-state index in [1.165, 1.54) is 12.1 Å². The summed E-state index contributed by atoms with van der Waals surface area (Å²) in [6.45, 7) is -0.228. The van der Waals surface area contributed by atoms with Crippen molar-refractivity contribution in [3.05, 3.63) is 59.9 Å². The molecule has 0 spiro atoms. The number of nitrogens with two attached hydrogens (primary N) is 1. The molecule has 114 valence electrons. The minimum absolute atomic E-state index is 0.178. The van der Waals surface area contributed by atoms with Gasteiger partial charge in [0.05, 0.1) is 24.3 Å². The quantitative estimate of drug-likeness (QED) is 0.788. The van der Waals surface area contributed by atoms with Crippen LogP contribution in [-0.4, -0.2) is 18.4 Å².